The molecule has 0 unspecified atom stereocenters. The van der Waals surface area contributed by atoms with Crippen molar-refractivity contribution in [3.8, 4) is 11.5 Å². The Bertz CT molecular complexity index is 1030. The molecule has 128 valence electrons. The van der Waals surface area contributed by atoms with Gasteiger partial charge in [-0.3, -0.25) is 4.79 Å². The summed E-state index contributed by atoms with van der Waals surface area (Å²) in [7, 11) is 0. The summed E-state index contributed by atoms with van der Waals surface area (Å²) in [5, 5.41) is 0. The fourth-order valence-corrected chi connectivity index (χ4v) is 4.06. The molecule has 0 fully saturated rings. The summed E-state index contributed by atoms with van der Waals surface area (Å²) >= 11 is 1.49. The van der Waals surface area contributed by atoms with Crippen LogP contribution in [0, 0.1) is 6.92 Å². The number of rotatable bonds is 2. The molecule has 5 nitrogen and oxygen atoms in total. The van der Waals surface area contributed by atoms with Crippen LogP contribution in [0.5, 0.6) is 11.5 Å². The van der Waals surface area contributed by atoms with E-state index in [-0.39, 0.29) is 5.91 Å². The number of carbonyl (C=O) groups is 1. The highest BCUT2D eigenvalue weighted by Gasteiger charge is 2.16. The summed E-state index contributed by atoms with van der Waals surface area (Å²) in [4.78, 5) is 17.7. The zero-order chi connectivity index (χ0) is 17.4. The molecule has 0 aliphatic carbocycles. The van der Waals surface area contributed by atoms with Gasteiger partial charge in [0.25, 0.3) is 5.91 Å². The third-order valence-corrected chi connectivity index (χ3v) is 5.28. The molecule has 0 spiro atoms. The Kier molecular flexibility index (Phi) is 4.05. The van der Waals surface area contributed by atoms with Crippen molar-refractivity contribution in [1.29, 1.82) is 0 Å². The molecule has 1 aromatic heterocycles. The van der Waals surface area contributed by atoms with Crippen molar-refractivity contribution in [3.63, 3.8) is 0 Å². The van der Waals surface area contributed by atoms with Crippen LogP contribution in [0.25, 0.3) is 10.2 Å². The molecular weight excluding hydrogens is 336 g/mol. The minimum atomic E-state index is -0.218. The first-order valence-corrected chi connectivity index (χ1v) is 9.06. The van der Waals surface area contributed by atoms with E-state index in [2.05, 4.69) is 4.99 Å². The first kappa shape index (κ1) is 15.9. The van der Waals surface area contributed by atoms with E-state index >= 15 is 0 Å². The van der Waals surface area contributed by atoms with Gasteiger partial charge in [0.15, 0.2) is 16.3 Å². The van der Waals surface area contributed by atoms with Crippen molar-refractivity contribution in [3.05, 3.63) is 52.3 Å². The van der Waals surface area contributed by atoms with E-state index in [9.17, 15) is 4.79 Å². The maximum atomic E-state index is 12.6. The van der Waals surface area contributed by atoms with Gasteiger partial charge in [0, 0.05) is 24.2 Å². The third-order valence-electron chi connectivity index (χ3n) is 4.24. The molecule has 0 N–H and O–H groups in total. The second kappa shape index (κ2) is 6.37. The minimum Gasteiger partial charge on any atom is -0.486 e. The number of aromatic nitrogens is 1. The summed E-state index contributed by atoms with van der Waals surface area (Å²) in [6, 6.07) is 11.5. The lowest BCUT2D eigenvalue weighted by atomic mass is 10.1. The topological polar surface area (TPSA) is 52.8 Å². The van der Waals surface area contributed by atoms with E-state index < -0.39 is 0 Å². The Morgan fingerprint density at radius 1 is 1.20 bits per heavy atom. The number of nitrogens with zero attached hydrogens (tertiary/aromatic N) is 2. The van der Waals surface area contributed by atoms with Crippen molar-refractivity contribution >= 4 is 27.5 Å². The second-order valence-corrected chi connectivity index (χ2v) is 6.83. The van der Waals surface area contributed by atoms with Crippen molar-refractivity contribution < 1.29 is 14.3 Å². The normalized spacial score (nSPS) is 14.1. The average molecular weight is 354 g/mol. The predicted octanol–water partition coefficient (Wildman–Crippen LogP) is 3.54. The van der Waals surface area contributed by atoms with E-state index in [0.717, 1.165) is 33.8 Å². The highest BCUT2D eigenvalue weighted by Crippen LogP contribution is 2.35. The van der Waals surface area contributed by atoms with Crippen molar-refractivity contribution in [1.82, 2.24) is 4.57 Å². The van der Waals surface area contributed by atoms with E-state index in [0.29, 0.717) is 23.6 Å². The molecular formula is C19H18N2O3S. The van der Waals surface area contributed by atoms with Gasteiger partial charge in [0.1, 0.15) is 13.2 Å². The summed E-state index contributed by atoms with van der Waals surface area (Å²) in [6.07, 6.45) is 0. The Balaban J connectivity index is 1.87. The summed E-state index contributed by atoms with van der Waals surface area (Å²) < 4.78 is 14.4. The molecule has 0 saturated heterocycles. The van der Waals surface area contributed by atoms with Crippen LogP contribution >= 0.6 is 11.3 Å². The van der Waals surface area contributed by atoms with Crippen molar-refractivity contribution in [2.75, 3.05) is 13.2 Å². The van der Waals surface area contributed by atoms with Crippen LogP contribution in [0.15, 0.2) is 41.4 Å². The Labute approximate surface area is 149 Å². The number of fused-ring (bicyclic) bond motifs is 2. The van der Waals surface area contributed by atoms with Gasteiger partial charge < -0.3 is 14.0 Å². The number of amides is 1. The summed E-state index contributed by atoms with van der Waals surface area (Å²) in [6.45, 7) is 5.79. The molecule has 6 heteroatoms. The molecule has 2 aromatic carbocycles. The maximum absolute atomic E-state index is 12.6. The van der Waals surface area contributed by atoms with Crippen LogP contribution in [0.2, 0.25) is 0 Å². The fourth-order valence-electron chi connectivity index (χ4n) is 2.96. The number of hydrogen-bond acceptors (Lipinski definition) is 4. The SMILES string of the molecule is CCn1c(=NC(=O)c2ccccc2C)sc2cc3c(cc21)OCCO3. The quantitative estimate of drug-likeness (QED) is 0.707. The van der Waals surface area contributed by atoms with E-state index in [4.69, 9.17) is 9.47 Å². The van der Waals surface area contributed by atoms with Gasteiger partial charge in [0.2, 0.25) is 0 Å². The highest BCUT2D eigenvalue weighted by atomic mass is 32.1. The fraction of sp³-hybridized carbons (Fsp3) is 0.263. The monoisotopic (exact) mass is 354 g/mol. The molecule has 25 heavy (non-hydrogen) atoms. The van der Waals surface area contributed by atoms with Gasteiger partial charge in [-0.25, -0.2) is 0 Å². The lowest BCUT2D eigenvalue weighted by Crippen LogP contribution is -2.17. The van der Waals surface area contributed by atoms with Crippen molar-refractivity contribution in [2.45, 2.75) is 20.4 Å². The van der Waals surface area contributed by atoms with Gasteiger partial charge >= 0.3 is 0 Å². The Morgan fingerprint density at radius 2 is 1.92 bits per heavy atom. The number of hydrogen-bond donors (Lipinski definition) is 0. The number of benzene rings is 2. The van der Waals surface area contributed by atoms with E-state index in [1.165, 1.54) is 11.3 Å². The van der Waals surface area contributed by atoms with Gasteiger partial charge in [-0.1, -0.05) is 29.5 Å². The summed E-state index contributed by atoms with van der Waals surface area (Å²) in [5.41, 5.74) is 2.57. The number of carbonyl (C=O) groups excluding carboxylic acids is 1. The van der Waals surface area contributed by atoms with Crippen LogP contribution in [0.3, 0.4) is 0 Å². The maximum Gasteiger partial charge on any atom is 0.279 e. The third kappa shape index (κ3) is 2.82. The molecule has 2 heterocycles. The second-order valence-electron chi connectivity index (χ2n) is 5.82. The molecule has 1 aliphatic rings. The van der Waals surface area contributed by atoms with Crippen LogP contribution in [-0.4, -0.2) is 23.7 Å². The summed E-state index contributed by atoms with van der Waals surface area (Å²) in [5.74, 6) is 1.28. The molecule has 1 amide bonds. The largest absolute Gasteiger partial charge is 0.486 e. The highest BCUT2D eigenvalue weighted by molar-refractivity contribution is 7.16. The van der Waals surface area contributed by atoms with E-state index in [1.807, 2.05) is 54.8 Å². The Morgan fingerprint density at radius 3 is 2.64 bits per heavy atom. The van der Waals surface area contributed by atoms with Gasteiger partial charge in [-0.2, -0.15) is 4.99 Å². The predicted molar refractivity (Wildman–Crippen MR) is 97.6 cm³/mol. The molecule has 0 atom stereocenters. The number of ether oxygens (including phenoxy) is 2. The molecule has 4 rings (SSSR count). The zero-order valence-corrected chi connectivity index (χ0v) is 14.9. The Hall–Kier alpha value is -2.60. The van der Waals surface area contributed by atoms with Crippen LogP contribution in [0.1, 0.15) is 22.8 Å². The lowest BCUT2D eigenvalue weighted by Gasteiger charge is -2.18. The molecule has 0 radical (unpaired) electrons. The number of thiazole rings is 1. The van der Waals surface area contributed by atoms with E-state index in [1.54, 1.807) is 0 Å². The van der Waals surface area contributed by atoms with Crippen LogP contribution < -0.4 is 14.3 Å². The van der Waals surface area contributed by atoms with Gasteiger partial charge in [-0.15, -0.1) is 0 Å². The van der Waals surface area contributed by atoms with Crippen LogP contribution in [0.4, 0.5) is 0 Å². The average Bonchev–Trinajstić information content (AvgIpc) is 2.95. The lowest BCUT2D eigenvalue weighted by molar-refractivity contribution is 0.0997. The molecule has 0 saturated carbocycles. The zero-order valence-electron chi connectivity index (χ0n) is 14.1. The number of aryl methyl sites for hydroxylation is 2. The molecule has 0 bridgehead atoms. The molecule has 3 aromatic rings. The molecule has 1 aliphatic heterocycles. The minimum absolute atomic E-state index is 0.218. The van der Waals surface area contributed by atoms with Crippen LogP contribution in [-0.2, 0) is 6.54 Å². The smallest absolute Gasteiger partial charge is 0.279 e. The first-order chi connectivity index (χ1) is 12.2. The van der Waals surface area contributed by atoms with Gasteiger partial charge in [0.05, 0.1) is 10.2 Å². The van der Waals surface area contributed by atoms with Crippen molar-refractivity contribution in [2.24, 2.45) is 4.99 Å². The first-order valence-electron chi connectivity index (χ1n) is 8.25. The standard InChI is InChI=1S/C19H18N2O3S/c1-3-21-14-10-15-16(24-9-8-23-15)11-17(14)25-19(21)20-18(22)13-7-5-4-6-12(13)2/h4-7,10-11H,3,8-9H2,1-2H3. The van der Waals surface area contributed by atoms with Gasteiger partial charge in [-0.05, 0) is 25.5 Å².